The van der Waals surface area contributed by atoms with Crippen LogP contribution in [0.2, 0.25) is 0 Å². The largest absolute Gasteiger partial charge is 0.496 e. The molecule has 6 nitrogen and oxygen atoms in total. The summed E-state index contributed by atoms with van der Waals surface area (Å²) in [5.74, 6) is 2.25. The lowest BCUT2D eigenvalue weighted by molar-refractivity contribution is 0.320. The zero-order valence-electron chi connectivity index (χ0n) is 16.6. The summed E-state index contributed by atoms with van der Waals surface area (Å²) in [6.07, 6.45) is 0. The number of halogens is 1. The molecule has 0 aliphatic carbocycles. The first-order valence-electron chi connectivity index (χ1n) is 9.28. The molecule has 158 valence electrons. The van der Waals surface area contributed by atoms with Crippen LogP contribution in [0.15, 0.2) is 45.8 Å². The molecule has 2 aromatic rings. The Hall–Kier alpha value is -1.42. The van der Waals surface area contributed by atoms with E-state index in [-0.39, 0.29) is 10.3 Å². The van der Waals surface area contributed by atoms with Crippen LogP contribution in [0, 0.1) is 0 Å². The van der Waals surface area contributed by atoms with Crippen molar-refractivity contribution in [2.45, 2.75) is 24.1 Å². The van der Waals surface area contributed by atoms with E-state index in [0.717, 1.165) is 10.0 Å². The van der Waals surface area contributed by atoms with Gasteiger partial charge in [-0.15, -0.1) is 11.8 Å². The molecule has 1 aliphatic rings. The van der Waals surface area contributed by atoms with Crippen molar-refractivity contribution < 1.29 is 22.6 Å². The Labute approximate surface area is 184 Å². The molecule has 0 bridgehead atoms. The van der Waals surface area contributed by atoms with Crippen LogP contribution in [0.25, 0.3) is 0 Å². The fraction of sp³-hybridized carbons (Fsp3) is 0.400. The highest BCUT2D eigenvalue weighted by atomic mass is 79.9. The van der Waals surface area contributed by atoms with Crippen molar-refractivity contribution in [2.75, 3.05) is 32.6 Å². The molecule has 1 fully saturated rings. The van der Waals surface area contributed by atoms with Gasteiger partial charge in [-0.3, -0.25) is 0 Å². The van der Waals surface area contributed by atoms with Crippen LogP contribution in [0.4, 0.5) is 0 Å². The average Bonchev–Trinajstić information content (AvgIpc) is 3.20. The number of sulfonamides is 1. The van der Waals surface area contributed by atoms with Crippen LogP contribution in [0.5, 0.6) is 17.2 Å². The van der Waals surface area contributed by atoms with Crippen LogP contribution in [0.3, 0.4) is 0 Å². The Morgan fingerprint density at radius 1 is 1.10 bits per heavy atom. The molecule has 0 spiro atoms. The van der Waals surface area contributed by atoms with E-state index in [2.05, 4.69) is 15.9 Å². The van der Waals surface area contributed by atoms with Crippen molar-refractivity contribution in [3.63, 3.8) is 0 Å². The summed E-state index contributed by atoms with van der Waals surface area (Å²) in [5.41, 5.74) is 0.891. The van der Waals surface area contributed by atoms with E-state index in [9.17, 15) is 8.42 Å². The van der Waals surface area contributed by atoms with Crippen LogP contribution in [-0.4, -0.2) is 45.3 Å². The standard InChI is InChI=1S/C20H24BrNO5S2/c1-4-26-15-7-9-18(27-5-2)19(13-15)29(23,24)22-10-11-28-20(22)14-6-8-17(25-3)16(21)12-14/h6-9,12-13,20H,4-5,10-11H2,1-3H3. The first-order chi connectivity index (χ1) is 13.9. The molecule has 1 aliphatic heterocycles. The van der Waals surface area contributed by atoms with Gasteiger partial charge in [0.05, 0.1) is 30.2 Å². The maximum absolute atomic E-state index is 13.6. The Morgan fingerprint density at radius 2 is 1.83 bits per heavy atom. The maximum atomic E-state index is 13.6. The Morgan fingerprint density at radius 3 is 2.48 bits per heavy atom. The molecule has 1 unspecified atom stereocenters. The van der Waals surface area contributed by atoms with Gasteiger partial charge in [0.25, 0.3) is 0 Å². The summed E-state index contributed by atoms with van der Waals surface area (Å²) in [4.78, 5) is 0.130. The average molecular weight is 502 g/mol. The number of benzene rings is 2. The molecule has 0 saturated carbocycles. The highest BCUT2D eigenvalue weighted by Crippen LogP contribution is 2.44. The van der Waals surface area contributed by atoms with Crippen LogP contribution < -0.4 is 14.2 Å². The van der Waals surface area contributed by atoms with Gasteiger partial charge in [-0.25, -0.2) is 8.42 Å². The monoisotopic (exact) mass is 501 g/mol. The number of thioether (sulfide) groups is 1. The van der Waals surface area contributed by atoms with Gasteiger partial charge < -0.3 is 14.2 Å². The van der Waals surface area contributed by atoms with Gasteiger partial charge in [0.2, 0.25) is 10.0 Å². The summed E-state index contributed by atoms with van der Waals surface area (Å²) in [6.45, 7) is 4.94. The minimum atomic E-state index is -3.80. The summed E-state index contributed by atoms with van der Waals surface area (Å²) < 4.78 is 46.0. The molecule has 1 saturated heterocycles. The van der Waals surface area contributed by atoms with E-state index in [1.807, 2.05) is 32.0 Å². The van der Waals surface area contributed by atoms with Crippen LogP contribution in [0.1, 0.15) is 24.8 Å². The fourth-order valence-electron chi connectivity index (χ4n) is 3.15. The Balaban J connectivity index is 2.01. The van der Waals surface area contributed by atoms with E-state index in [1.165, 1.54) is 4.31 Å². The molecule has 0 N–H and O–H groups in total. The molecule has 1 heterocycles. The minimum absolute atomic E-state index is 0.130. The second-order valence-electron chi connectivity index (χ2n) is 6.21. The van der Waals surface area contributed by atoms with Gasteiger partial charge in [-0.2, -0.15) is 4.31 Å². The van der Waals surface area contributed by atoms with Crippen molar-refractivity contribution in [2.24, 2.45) is 0 Å². The lowest BCUT2D eigenvalue weighted by Crippen LogP contribution is -2.31. The second kappa shape index (κ2) is 9.59. The molecule has 0 radical (unpaired) electrons. The van der Waals surface area contributed by atoms with Crippen molar-refractivity contribution in [1.82, 2.24) is 4.31 Å². The van der Waals surface area contributed by atoms with Gasteiger partial charge in [0, 0.05) is 18.4 Å². The summed E-state index contributed by atoms with van der Waals surface area (Å²) in [7, 11) is -2.20. The predicted molar refractivity (Wildman–Crippen MR) is 119 cm³/mol. The molecule has 9 heteroatoms. The lowest BCUT2D eigenvalue weighted by atomic mass is 10.2. The van der Waals surface area contributed by atoms with E-state index >= 15 is 0 Å². The fourth-order valence-corrected chi connectivity index (χ4v) is 7.08. The molecule has 3 rings (SSSR count). The quantitative estimate of drug-likeness (QED) is 0.522. The summed E-state index contributed by atoms with van der Waals surface area (Å²) in [5, 5.41) is -0.326. The Kier molecular flexibility index (Phi) is 7.37. The van der Waals surface area contributed by atoms with Crippen molar-refractivity contribution in [1.29, 1.82) is 0 Å². The third-order valence-electron chi connectivity index (χ3n) is 4.42. The first kappa shape index (κ1) is 22.3. The number of hydrogen-bond acceptors (Lipinski definition) is 6. The summed E-state index contributed by atoms with van der Waals surface area (Å²) in [6, 6.07) is 10.6. The molecular formula is C20H24BrNO5S2. The lowest BCUT2D eigenvalue weighted by Gasteiger charge is -2.25. The Bertz CT molecular complexity index is 967. The highest BCUT2D eigenvalue weighted by Gasteiger charge is 2.38. The van der Waals surface area contributed by atoms with Crippen molar-refractivity contribution in [3.8, 4) is 17.2 Å². The number of rotatable bonds is 8. The second-order valence-corrected chi connectivity index (χ2v) is 10.1. The SMILES string of the molecule is CCOc1ccc(OCC)c(S(=O)(=O)N2CCSC2c2ccc(OC)c(Br)c2)c1. The number of ether oxygens (including phenoxy) is 3. The number of methoxy groups -OCH3 is 1. The van der Waals surface area contributed by atoms with Crippen molar-refractivity contribution in [3.05, 3.63) is 46.4 Å². The van der Waals surface area contributed by atoms with E-state index < -0.39 is 10.0 Å². The first-order valence-corrected chi connectivity index (χ1v) is 12.6. The minimum Gasteiger partial charge on any atom is -0.496 e. The zero-order valence-corrected chi connectivity index (χ0v) is 19.8. The predicted octanol–water partition coefficient (Wildman–Crippen LogP) is 4.69. The molecule has 29 heavy (non-hydrogen) atoms. The van der Waals surface area contributed by atoms with Gasteiger partial charge >= 0.3 is 0 Å². The third-order valence-corrected chi connectivity index (χ3v) is 8.32. The van der Waals surface area contributed by atoms with E-state index in [1.54, 1.807) is 37.1 Å². The number of hydrogen-bond donors (Lipinski definition) is 0. The normalized spacial score (nSPS) is 17.3. The molecule has 2 aromatic carbocycles. The van der Waals surface area contributed by atoms with Crippen LogP contribution in [-0.2, 0) is 10.0 Å². The number of nitrogens with zero attached hydrogens (tertiary/aromatic N) is 1. The highest BCUT2D eigenvalue weighted by molar-refractivity contribution is 9.10. The topological polar surface area (TPSA) is 65.1 Å². The van der Waals surface area contributed by atoms with Crippen molar-refractivity contribution >= 4 is 37.7 Å². The van der Waals surface area contributed by atoms with Gasteiger partial charge in [0.15, 0.2) is 0 Å². The molecule has 0 aromatic heterocycles. The molecule has 1 atom stereocenters. The van der Waals surface area contributed by atoms with Gasteiger partial charge in [0.1, 0.15) is 22.1 Å². The van der Waals surface area contributed by atoms with E-state index in [4.69, 9.17) is 14.2 Å². The molecular weight excluding hydrogens is 478 g/mol. The van der Waals surface area contributed by atoms with Gasteiger partial charge in [-0.05, 0) is 59.6 Å². The van der Waals surface area contributed by atoms with Gasteiger partial charge in [-0.1, -0.05) is 6.07 Å². The van der Waals surface area contributed by atoms with Crippen LogP contribution >= 0.6 is 27.7 Å². The summed E-state index contributed by atoms with van der Waals surface area (Å²) >= 11 is 5.08. The smallest absolute Gasteiger partial charge is 0.248 e. The maximum Gasteiger partial charge on any atom is 0.248 e. The zero-order chi connectivity index (χ0) is 21.0. The molecule has 0 amide bonds. The third kappa shape index (κ3) is 4.68. The van der Waals surface area contributed by atoms with E-state index in [0.29, 0.717) is 42.8 Å².